The molecule has 0 atom stereocenters. The second kappa shape index (κ2) is 9.69. The van der Waals surface area contributed by atoms with Crippen LogP contribution in [0.2, 0.25) is 0 Å². The zero-order chi connectivity index (χ0) is 32.5. The summed E-state index contributed by atoms with van der Waals surface area (Å²) in [5, 5.41) is 13.3. The van der Waals surface area contributed by atoms with Crippen LogP contribution in [0.25, 0.3) is 113 Å². The molecule has 0 amide bonds. The number of thiophene rings is 1. The molecular weight excluding hydrogens is 623 g/mol. The van der Waals surface area contributed by atoms with Gasteiger partial charge in [0.2, 0.25) is 0 Å². The van der Waals surface area contributed by atoms with E-state index in [1.807, 2.05) is 11.3 Å². The Kier molecular flexibility index (Phi) is 5.18. The largest absolute Gasteiger partial charge is 0.309 e. The SMILES string of the molecule is c1cc(-c2ccc3c4c(cccc24)-c2ccccc2-3)cc(-n2c3ccccc3c3c4c(ccc32)c2ccccc2c2sc3ccccc3c24)c1. The lowest BCUT2D eigenvalue weighted by atomic mass is 9.94. The zero-order valence-corrected chi connectivity index (χ0v) is 27.8. The van der Waals surface area contributed by atoms with Gasteiger partial charge in [0.05, 0.1) is 11.0 Å². The van der Waals surface area contributed by atoms with Gasteiger partial charge in [-0.25, -0.2) is 0 Å². The number of hydrogen-bond donors (Lipinski definition) is 0. The van der Waals surface area contributed by atoms with Crippen molar-refractivity contribution in [3.05, 3.63) is 164 Å². The summed E-state index contributed by atoms with van der Waals surface area (Å²) in [6.45, 7) is 0. The minimum atomic E-state index is 1.17. The molecule has 0 N–H and O–H groups in total. The summed E-state index contributed by atoms with van der Waals surface area (Å²) in [6.07, 6.45) is 0. The lowest BCUT2D eigenvalue weighted by Gasteiger charge is -2.13. The summed E-state index contributed by atoms with van der Waals surface area (Å²) >= 11 is 1.92. The van der Waals surface area contributed by atoms with E-state index in [0.29, 0.717) is 0 Å². The molecule has 1 aliphatic carbocycles. The first-order valence-corrected chi connectivity index (χ1v) is 18.1. The summed E-state index contributed by atoms with van der Waals surface area (Å²) in [7, 11) is 0. The van der Waals surface area contributed by atoms with Gasteiger partial charge in [-0.3, -0.25) is 0 Å². The molecule has 0 aliphatic heterocycles. The van der Waals surface area contributed by atoms with Crippen LogP contribution in [0.15, 0.2) is 164 Å². The molecule has 0 fully saturated rings. The molecule has 0 saturated heterocycles. The molecule has 0 unspecified atom stereocenters. The standard InChI is InChI=1S/C48H27NS/c1-2-14-32-31(13-1)35-20-10-19-34-30(23-24-36(32)44(34)35)28-11-9-12-29(27-28)49-41-21-7-5-17-39(41)45-42(49)26-25-37-33-15-3-4-16-38(33)48-47(46(37)45)40-18-6-8-22-43(40)50-48/h1-27H. The van der Waals surface area contributed by atoms with Crippen LogP contribution in [-0.4, -0.2) is 4.57 Å². The first kappa shape index (κ1) is 26.7. The van der Waals surface area contributed by atoms with Crippen molar-refractivity contribution >= 4 is 85.6 Å². The Morgan fingerprint density at radius 2 is 1.00 bits per heavy atom. The predicted molar refractivity (Wildman–Crippen MR) is 216 cm³/mol. The number of hydrogen-bond acceptors (Lipinski definition) is 1. The minimum absolute atomic E-state index is 1.17. The van der Waals surface area contributed by atoms with Crippen LogP contribution in [0.4, 0.5) is 0 Å². The monoisotopic (exact) mass is 649 g/mol. The van der Waals surface area contributed by atoms with Crippen molar-refractivity contribution in [2.75, 3.05) is 0 Å². The molecule has 11 aromatic rings. The predicted octanol–water partition coefficient (Wildman–Crippen LogP) is 13.9. The number of rotatable bonds is 2. The molecule has 0 spiro atoms. The minimum Gasteiger partial charge on any atom is -0.309 e. The average Bonchev–Trinajstić information content (AvgIpc) is 3.84. The van der Waals surface area contributed by atoms with Crippen molar-refractivity contribution in [2.45, 2.75) is 0 Å². The summed E-state index contributed by atoms with van der Waals surface area (Å²) in [5.74, 6) is 0. The number of nitrogens with zero attached hydrogens (tertiary/aromatic N) is 1. The molecule has 0 saturated carbocycles. The summed E-state index contributed by atoms with van der Waals surface area (Å²) in [4.78, 5) is 0. The maximum atomic E-state index is 2.49. The summed E-state index contributed by atoms with van der Waals surface area (Å²) < 4.78 is 5.19. The maximum absolute atomic E-state index is 2.49. The number of benzene rings is 9. The van der Waals surface area contributed by atoms with Crippen LogP contribution in [0.5, 0.6) is 0 Å². The van der Waals surface area contributed by atoms with Gasteiger partial charge in [0.15, 0.2) is 0 Å². The molecule has 1 nitrogen and oxygen atoms in total. The zero-order valence-electron chi connectivity index (χ0n) is 26.9. The normalized spacial score (nSPS) is 12.4. The number of aromatic nitrogens is 1. The van der Waals surface area contributed by atoms with E-state index in [0.717, 1.165) is 0 Å². The Balaban J connectivity index is 1.17. The van der Waals surface area contributed by atoms with Gasteiger partial charge in [0.1, 0.15) is 0 Å². The third-order valence-corrected chi connectivity index (χ3v) is 12.3. The molecule has 50 heavy (non-hydrogen) atoms. The van der Waals surface area contributed by atoms with E-state index >= 15 is 0 Å². The van der Waals surface area contributed by atoms with Gasteiger partial charge in [-0.2, -0.15) is 0 Å². The third kappa shape index (κ3) is 3.36. The van der Waals surface area contributed by atoms with E-state index in [9.17, 15) is 0 Å². The molecule has 9 aromatic carbocycles. The van der Waals surface area contributed by atoms with Crippen LogP contribution in [-0.2, 0) is 0 Å². The van der Waals surface area contributed by atoms with E-state index in [4.69, 9.17) is 0 Å². The van der Waals surface area contributed by atoms with Gasteiger partial charge in [0.25, 0.3) is 0 Å². The van der Waals surface area contributed by atoms with Crippen molar-refractivity contribution in [1.82, 2.24) is 4.57 Å². The Bertz CT molecular complexity index is 3240. The molecule has 2 heterocycles. The quantitative estimate of drug-likeness (QED) is 0.164. The second-order valence-corrected chi connectivity index (χ2v) is 14.6. The van der Waals surface area contributed by atoms with Crippen molar-refractivity contribution in [2.24, 2.45) is 0 Å². The number of fused-ring (bicyclic) bond motifs is 15. The van der Waals surface area contributed by atoms with Gasteiger partial charge in [-0.1, -0.05) is 133 Å². The molecule has 1 aliphatic rings. The van der Waals surface area contributed by atoms with Gasteiger partial charge < -0.3 is 4.57 Å². The van der Waals surface area contributed by atoms with E-state index < -0.39 is 0 Å². The highest BCUT2D eigenvalue weighted by Crippen LogP contribution is 2.50. The van der Waals surface area contributed by atoms with E-state index in [1.54, 1.807) is 0 Å². The molecule has 0 radical (unpaired) electrons. The van der Waals surface area contributed by atoms with Crippen LogP contribution >= 0.6 is 11.3 Å². The Morgan fingerprint density at radius 1 is 0.340 bits per heavy atom. The van der Waals surface area contributed by atoms with Crippen LogP contribution in [0.1, 0.15) is 0 Å². The van der Waals surface area contributed by atoms with E-state index in [1.165, 1.54) is 113 Å². The Morgan fingerprint density at radius 3 is 1.88 bits per heavy atom. The molecule has 2 heteroatoms. The third-order valence-electron chi connectivity index (χ3n) is 11.1. The van der Waals surface area contributed by atoms with Crippen molar-refractivity contribution in [3.8, 4) is 39.1 Å². The first-order valence-electron chi connectivity index (χ1n) is 17.3. The molecular formula is C48H27NS. The second-order valence-electron chi connectivity index (χ2n) is 13.6. The van der Waals surface area contributed by atoms with E-state index in [2.05, 4.69) is 168 Å². The highest BCUT2D eigenvalue weighted by Gasteiger charge is 2.23. The highest BCUT2D eigenvalue weighted by molar-refractivity contribution is 7.27. The van der Waals surface area contributed by atoms with Crippen LogP contribution < -0.4 is 0 Å². The fourth-order valence-electron chi connectivity index (χ4n) is 9.09. The topological polar surface area (TPSA) is 4.93 Å². The Labute approximate surface area is 291 Å². The summed E-state index contributed by atoms with van der Waals surface area (Å²) in [6, 6.07) is 61.0. The fraction of sp³-hybridized carbons (Fsp3) is 0. The number of para-hydroxylation sites is 1. The maximum Gasteiger partial charge on any atom is 0.0547 e. The fourth-order valence-corrected chi connectivity index (χ4v) is 10.3. The van der Waals surface area contributed by atoms with E-state index in [-0.39, 0.29) is 0 Å². The summed E-state index contributed by atoms with van der Waals surface area (Å²) in [5.41, 5.74) is 11.5. The van der Waals surface area contributed by atoms with Crippen LogP contribution in [0.3, 0.4) is 0 Å². The van der Waals surface area contributed by atoms with Crippen LogP contribution in [0, 0.1) is 0 Å². The van der Waals surface area contributed by atoms with Gasteiger partial charge in [-0.05, 0) is 85.3 Å². The average molecular weight is 650 g/mol. The highest BCUT2D eigenvalue weighted by atomic mass is 32.1. The first-order chi connectivity index (χ1) is 24.8. The van der Waals surface area contributed by atoms with Crippen molar-refractivity contribution in [3.63, 3.8) is 0 Å². The van der Waals surface area contributed by atoms with Gasteiger partial charge in [-0.15, -0.1) is 11.3 Å². The molecule has 230 valence electrons. The van der Waals surface area contributed by atoms with Crippen molar-refractivity contribution < 1.29 is 0 Å². The van der Waals surface area contributed by atoms with Gasteiger partial charge >= 0.3 is 0 Å². The van der Waals surface area contributed by atoms with Gasteiger partial charge in [0, 0.05) is 47.4 Å². The lowest BCUT2D eigenvalue weighted by Crippen LogP contribution is -1.94. The molecule has 12 rings (SSSR count). The Hall–Kier alpha value is -6.22. The molecule has 2 aromatic heterocycles. The molecule has 0 bridgehead atoms. The smallest absolute Gasteiger partial charge is 0.0547 e. The lowest BCUT2D eigenvalue weighted by molar-refractivity contribution is 1.18. The van der Waals surface area contributed by atoms with Crippen molar-refractivity contribution in [1.29, 1.82) is 0 Å².